The molecule has 1 amide bonds. The van der Waals surface area contributed by atoms with Gasteiger partial charge in [0, 0.05) is 17.1 Å². The van der Waals surface area contributed by atoms with Gasteiger partial charge in [0.1, 0.15) is 0 Å². The van der Waals surface area contributed by atoms with Crippen LogP contribution in [-0.4, -0.2) is 22.7 Å². The zero-order valence-electron chi connectivity index (χ0n) is 13.5. The Hall–Kier alpha value is -2.33. The van der Waals surface area contributed by atoms with E-state index in [1.165, 1.54) is 17.3 Å². The molecule has 0 N–H and O–H groups in total. The van der Waals surface area contributed by atoms with Gasteiger partial charge in [-0.15, -0.1) is 0 Å². The molecule has 1 atom stereocenters. The van der Waals surface area contributed by atoms with Crippen molar-refractivity contribution in [3.63, 3.8) is 0 Å². The highest BCUT2D eigenvalue weighted by Gasteiger charge is 2.30. The van der Waals surface area contributed by atoms with Gasteiger partial charge >= 0.3 is 0 Å². The highest BCUT2D eigenvalue weighted by Crippen LogP contribution is 2.32. The van der Waals surface area contributed by atoms with E-state index in [9.17, 15) is 4.79 Å². The third-order valence-electron chi connectivity index (χ3n) is 4.39. The summed E-state index contributed by atoms with van der Waals surface area (Å²) in [7, 11) is 0. The van der Waals surface area contributed by atoms with E-state index in [-0.39, 0.29) is 11.9 Å². The van der Waals surface area contributed by atoms with Gasteiger partial charge in [-0.1, -0.05) is 54.2 Å². The first-order valence-electron chi connectivity index (χ1n) is 8.11. The molecule has 0 spiro atoms. The zero-order chi connectivity index (χ0) is 16.5. The van der Waals surface area contributed by atoms with E-state index in [0.29, 0.717) is 5.75 Å². The lowest BCUT2D eigenvalue weighted by atomic mass is 10.1. The van der Waals surface area contributed by atoms with Crippen molar-refractivity contribution in [2.45, 2.75) is 24.4 Å². The van der Waals surface area contributed by atoms with Gasteiger partial charge in [-0.05, 0) is 37.1 Å². The molecule has 1 aliphatic rings. The largest absolute Gasteiger partial charge is 0.308 e. The van der Waals surface area contributed by atoms with Gasteiger partial charge < -0.3 is 4.90 Å². The zero-order valence-corrected chi connectivity index (χ0v) is 14.3. The minimum absolute atomic E-state index is 0.146. The average molecular weight is 334 g/mol. The van der Waals surface area contributed by atoms with Gasteiger partial charge in [0.25, 0.3) is 0 Å². The average Bonchev–Trinajstić information content (AvgIpc) is 2.95. The number of pyridine rings is 1. The first-order chi connectivity index (χ1) is 11.7. The Morgan fingerprint density at radius 3 is 2.83 bits per heavy atom. The SMILES string of the molecule is C[C@@H]1Cc2ccccc2N1C(=O)CSc1ccc2ccccc2n1. The normalized spacial score (nSPS) is 16.4. The van der Waals surface area contributed by atoms with E-state index in [0.717, 1.165) is 28.0 Å². The van der Waals surface area contributed by atoms with Crippen LogP contribution in [-0.2, 0) is 11.2 Å². The van der Waals surface area contributed by atoms with Gasteiger partial charge in [-0.25, -0.2) is 4.98 Å². The molecule has 120 valence electrons. The summed E-state index contributed by atoms with van der Waals surface area (Å²) in [6.45, 7) is 2.11. The summed E-state index contributed by atoms with van der Waals surface area (Å²) in [5.41, 5.74) is 3.28. The van der Waals surface area contributed by atoms with E-state index < -0.39 is 0 Å². The number of anilines is 1. The molecule has 4 heteroatoms. The number of para-hydroxylation sites is 2. The van der Waals surface area contributed by atoms with E-state index >= 15 is 0 Å². The Bertz CT molecular complexity index is 909. The third-order valence-corrected chi connectivity index (χ3v) is 5.31. The third kappa shape index (κ3) is 2.78. The number of carbonyl (C=O) groups excluding carboxylic acids is 1. The number of hydrogen-bond donors (Lipinski definition) is 0. The first kappa shape index (κ1) is 15.2. The van der Waals surface area contributed by atoms with Crippen molar-refractivity contribution >= 4 is 34.3 Å². The molecule has 0 aliphatic carbocycles. The standard InChI is InChI=1S/C20H18N2OS/c1-14-12-16-7-3-5-9-18(16)22(14)20(23)13-24-19-11-10-15-6-2-4-8-17(15)21-19/h2-11,14H,12-13H2,1H3/t14-/m1/s1. The van der Waals surface area contributed by atoms with E-state index in [1.807, 2.05) is 53.4 Å². The number of carbonyl (C=O) groups is 1. The van der Waals surface area contributed by atoms with Crippen LogP contribution >= 0.6 is 11.8 Å². The Balaban J connectivity index is 1.50. The number of rotatable bonds is 3. The van der Waals surface area contributed by atoms with Crippen molar-refractivity contribution in [3.05, 3.63) is 66.2 Å². The fraction of sp³-hybridized carbons (Fsp3) is 0.200. The number of nitrogens with zero attached hydrogens (tertiary/aromatic N) is 2. The second kappa shape index (κ2) is 6.29. The molecule has 2 heterocycles. The summed E-state index contributed by atoms with van der Waals surface area (Å²) < 4.78 is 0. The topological polar surface area (TPSA) is 33.2 Å². The second-order valence-electron chi connectivity index (χ2n) is 6.08. The van der Waals surface area contributed by atoms with Gasteiger partial charge in [-0.2, -0.15) is 0 Å². The maximum Gasteiger partial charge on any atom is 0.237 e. The van der Waals surface area contributed by atoms with Gasteiger partial charge in [0.15, 0.2) is 0 Å². The molecule has 4 rings (SSSR count). The van der Waals surface area contributed by atoms with Crippen LogP contribution in [0, 0.1) is 0 Å². The van der Waals surface area contributed by atoms with Gasteiger partial charge in [0.2, 0.25) is 5.91 Å². The molecule has 1 aliphatic heterocycles. The number of aromatic nitrogens is 1. The quantitative estimate of drug-likeness (QED) is 0.669. The molecule has 3 nitrogen and oxygen atoms in total. The molecule has 0 fully saturated rings. The van der Waals surface area contributed by atoms with Crippen LogP contribution in [0.4, 0.5) is 5.69 Å². The molecule has 0 unspecified atom stereocenters. The fourth-order valence-electron chi connectivity index (χ4n) is 3.28. The molecule has 0 radical (unpaired) electrons. The summed E-state index contributed by atoms with van der Waals surface area (Å²) in [4.78, 5) is 19.3. The number of thioether (sulfide) groups is 1. The van der Waals surface area contributed by atoms with Gasteiger partial charge in [-0.3, -0.25) is 4.79 Å². The van der Waals surface area contributed by atoms with Crippen LogP contribution in [0.2, 0.25) is 0 Å². The predicted octanol–water partition coefficient (Wildman–Crippen LogP) is 4.30. The maximum atomic E-state index is 12.7. The Labute approximate surface area is 145 Å². The maximum absolute atomic E-state index is 12.7. The molecule has 0 saturated carbocycles. The number of benzene rings is 2. The Morgan fingerprint density at radius 2 is 1.92 bits per heavy atom. The van der Waals surface area contributed by atoms with Crippen molar-refractivity contribution in [2.24, 2.45) is 0 Å². The van der Waals surface area contributed by atoms with Gasteiger partial charge in [0.05, 0.1) is 16.3 Å². The molecule has 0 saturated heterocycles. The van der Waals surface area contributed by atoms with Crippen LogP contribution < -0.4 is 4.90 Å². The van der Waals surface area contributed by atoms with E-state index in [1.54, 1.807) is 0 Å². The molecule has 1 aromatic heterocycles. The lowest BCUT2D eigenvalue weighted by Gasteiger charge is -2.22. The predicted molar refractivity (Wildman–Crippen MR) is 99.6 cm³/mol. The fourth-order valence-corrected chi connectivity index (χ4v) is 4.02. The summed E-state index contributed by atoms with van der Waals surface area (Å²) in [5.74, 6) is 0.553. The van der Waals surface area contributed by atoms with Crippen molar-refractivity contribution in [2.75, 3.05) is 10.7 Å². The van der Waals surface area contributed by atoms with Crippen LogP contribution in [0.25, 0.3) is 10.9 Å². The highest BCUT2D eigenvalue weighted by molar-refractivity contribution is 7.99. The van der Waals surface area contributed by atoms with Crippen molar-refractivity contribution in [3.8, 4) is 0 Å². The number of hydrogen-bond acceptors (Lipinski definition) is 3. The van der Waals surface area contributed by atoms with Crippen molar-refractivity contribution < 1.29 is 4.79 Å². The summed E-state index contributed by atoms with van der Waals surface area (Å²) in [6, 6.07) is 20.5. The minimum atomic E-state index is 0.146. The second-order valence-corrected chi connectivity index (χ2v) is 7.07. The monoisotopic (exact) mass is 334 g/mol. The Kier molecular flexibility index (Phi) is 3.98. The van der Waals surface area contributed by atoms with Crippen molar-refractivity contribution in [1.29, 1.82) is 0 Å². The molecule has 0 bridgehead atoms. The summed E-state index contributed by atoms with van der Waals surface area (Å²) in [5, 5.41) is 2.01. The van der Waals surface area contributed by atoms with Crippen LogP contribution in [0.3, 0.4) is 0 Å². The van der Waals surface area contributed by atoms with Crippen LogP contribution in [0.1, 0.15) is 12.5 Å². The highest BCUT2D eigenvalue weighted by atomic mass is 32.2. The molecule has 2 aromatic carbocycles. The molecular formula is C20H18N2OS. The first-order valence-corrected chi connectivity index (χ1v) is 9.09. The van der Waals surface area contributed by atoms with Crippen LogP contribution in [0.15, 0.2) is 65.7 Å². The molecular weight excluding hydrogens is 316 g/mol. The molecule has 24 heavy (non-hydrogen) atoms. The lowest BCUT2D eigenvalue weighted by molar-refractivity contribution is -0.116. The van der Waals surface area contributed by atoms with E-state index in [4.69, 9.17) is 0 Å². The summed E-state index contributed by atoms with van der Waals surface area (Å²) >= 11 is 1.50. The van der Waals surface area contributed by atoms with Crippen molar-refractivity contribution in [1.82, 2.24) is 4.98 Å². The minimum Gasteiger partial charge on any atom is -0.308 e. The number of amides is 1. The smallest absolute Gasteiger partial charge is 0.237 e. The Morgan fingerprint density at radius 1 is 1.12 bits per heavy atom. The van der Waals surface area contributed by atoms with Crippen LogP contribution in [0.5, 0.6) is 0 Å². The van der Waals surface area contributed by atoms with E-state index in [2.05, 4.69) is 24.0 Å². The lowest BCUT2D eigenvalue weighted by Crippen LogP contribution is -2.36. The number of fused-ring (bicyclic) bond motifs is 2. The molecule has 3 aromatic rings. The summed E-state index contributed by atoms with van der Waals surface area (Å²) in [6.07, 6.45) is 0.931.